The molecular weight excluding hydrogens is 430 g/mol. The number of hydrazone groups is 1. The second-order valence-corrected chi connectivity index (χ2v) is 10.0. The Hall–Kier alpha value is -3.63. The fourth-order valence-corrected chi connectivity index (χ4v) is 6.00. The molecule has 4 heteroatoms. The van der Waals surface area contributed by atoms with E-state index in [1.165, 1.54) is 27.5 Å². The topological polar surface area (TPSA) is 28.1 Å². The van der Waals surface area contributed by atoms with E-state index in [1.54, 1.807) is 0 Å². The number of hydrogen-bond acceptors (Lipinski definition) is 4. The summed E-state index contributed by atoms with van der Waals surface area (Å²) in [6.45, 7) is 2.99. The summed E-state index contributed by atoms with van der Waals surface area (Å²) < 4.78 is 6.82. The molecule has 35 heavy (non-hydrogen) atoms. The third kappa shape index (κ3) is 3.60. The molecule has 4 nitrogen and oxygen atoms in total. The first kappa shape index (κ1) is 20.7. The fourth-order valence-electron chi connectivity index (χ4n) is 6.00. The monoisotopic (exact) mass is 459 g/mol. The van der Waals surface area contributed by atoms with Gasteiger partial charge in [0.2, 0.25) is 5.72 Å². The highest BCUT2D eigenvalue weighted by Gasteiger charge is 2.51. The lowest BCUT2D eigenvalue weighted by Gasteiger charge is -2.51. The molecule has 4 aromatic carbocycles. The summed E-state index contributed by atoms with van der Waals surface area (Å²) in [5.74, 6) is 1.03. The number of hydrogen-bond donors (Lipinski definition) is 0. The van der Waals surface area contributed by atoms with Crippen molar-refractivity contribution in [2.24, 2.45) is 5.10 Å². The van der Waals surface area contributed by atoms with Crippen LogP contribution in [0.4, 0.5) is 0 Å². The van der Waals surface area contributed by atoms with Crippen LogP contribution in [0.5, 0.6) is 5.75 Å². The van der Waals surface area contributed by atoms with E-state index < -0.39 is 0 Å². The zero-order valence-corrected chi connectivity index (χ0v) is 19.8. The number of benzene rings is 4. The van der Waals surface area contributed by atoms with Gasteiger partial charge in [-0.25, -0.2) is 5.01 Å². The lowest BCUT2D eigenvalue weighted by Crippen LogP contribution is -2.59. The highest BCUT2D eigenvalue weighted by atomic mass is 16.5. The predicted molar refractivity (Wildman–Crippen MR) is 140 cm³/mol. The molecule has 0 radical (unpaired) electrons. The molecule has 4 aromatic rings. The van der Waals surface area contributed by atoms with Crippen molar-refractivity contribution in [1.82, 2.24) is 9.91 Å². The molecule has 0 amide bonds. The van der Waals surface area contributed by atoms with Crippen LogP contribution in [0.25, 0.3) is 10.8 Å². The minimum atomic E-state index is -0.384. The summed E-state index contributed by atoms with van der Waals surface area (Å²) in [5, 5.41) is 10.1. The van der Waals surface area contributed by atoms with E-state index in [1.807, 2.05) is 0 Å². The van der Waals surface area contributed by atoms with E-state index in [0.717, 1.165) is 50.4 Å². The molecule has 0 N–H and O–H groups in total. The highest BCUT2D eigenvalue weighted by molar-refractivity contribution is 6.04. The smallest absolute Gasteiger partial charge is 0.200 e. The Morgan fingerprint density at radius 3 is 2.40 bits per heavy atom. The zero-order valence-electron chi connectivity index (χ0n) is 19.8. The lowest BCUT2D eigenvalue weighted by molar-refractivity contribution is -0.150. The summed E-state index contributed by atoms with van der Waals surface area (Å²) in [5.41, 5.74) is 4.61. The van der Waals surface area contributed by atoms with E-state index in [2.05, 4.69) is 107 Å². The van der Waals surface area contributed by atoms with Gasteiger partial charge in [0.15, 0.2) is 0 Å². The molecule has 0 saturated carbocycles. The minimum absolute atomic E-state index is 0.224. The van der Waals surface area contributed by atoms with E-state index in [0.29, 0.717) is 0 Å². The van der Waals surface area contributed by atoms with E-state index in [9.17, 15) is 0 Å². The second-order valence-electron chi connectivity index (χ2n) is 10.0. The van der Waals surface area contributed by atoms with Crippen molar-refractivity contribution in [2.45, 2.75) is 37.6 Å². The fraction of sp³-hybridized carbons (Fsp3) is 0.258. The van der Waals surface area contributed by atoms with Crippen LogP contribution in [0.1, 0.15) is 42.0 Å². The molecule has 0 bridgehead atoms. The van der Waals surface area contributed by atoms with Crippen LogP contribution in [-0.4, -0.2) is 34.4 Å². The Kier molecular flexibility index (Phi) is 4.88. The summed E-state index contributed by atoms with van der Waals surface area (Å²) in [6.07, 6.45) is 2.80. The molecular formula is C31H29N3O. The molecule has 3 aliphatic heterocycles. The van der Waals surface area contributed by atoms with Gasteiger partial charge in [0, 0.05) is 44.5 Å². The number of ether oxygens (including phenoxy) is 1. The molecule has 1 fully saturated rings. The maximum absolute atomic E-state index is 6.82. The van der Waals surface area contributed by atoms with Gasteiger partial charge in [-0.3, -0.25) is 4.90 Å². The summed E-state index contributed by atoms with van der Waals surface area (Å²) in [7, 11) is 0. The highest BCUT2D eigenvalue weighted by Crippen LogP contribution is 2.50. The summed E-state index contributed by atoms with van der Waals surface area (Å²) in [4.78, 5) is 2.55. The van der Waals surface area contributed by atoms with Crippen LogP contribution in [0, 0.1) is 0 Å². The molecule has 174 valence electrons. The van der Waals surface area contributed by atoms with Gasteiger partial charge in [-0.2, -0.15) is 5.10 Å². The molecule has 7 rings (SSSR count). The number of nitrogens with zero attached hydrogens (tertiary/aromatic N) is 3. The molecule has 0 unspecified atom stereocenters. The van der Waals surface area contributed by atoms with Gasteiger partial charge in [-0.1, -0.05) is 84.9 Å². The number of fused-ring (bicyclic) bond motifs is 5. The van der Waals surface area contributed by atoms with Crippen LogP contribution < -0.4 is 4.74 Å². The molecule has 0 aromatic heterocycles. The Bertz CT molecular complexity index is 1410. The first-order chi connectivity index (χ1) is 17.3. The van der Waals surface area contributed by atoms with Gasteiger partial charge in [-0.15, -0.1) is 0 Å². The van der Waals surface area contributed by atoms with Crippen LogP contribution in [-0.2, 0) is 6.54 Å². The molecule has 3 aliphatic rings. The molecule has 0 aliphatic carbocycles. The van der Waals surface area contributed by atoms with Crippen LogP contribution in [0.15, 0.2) is 102 Å². The third-order valence-corrected chi connectivity index (χ3v) is 7.87. The standard InChI is InChI=1S/C31H29N3O/c1-2-8-23(9-3-1)22-33-18-16-31(17-19-33)34-29(27-12-6-7-13-30(27)35-31)21-28(32-34)26-15-14-24-10-4-5-11-25(24)20-26/h1-15,20,29H,16-19,21-22H2/t29-/m1/s1. The van der Waals surface area contributed by atoms with E-state index in [4.69, 9.17) is 9.84 Å². The Morgan fingerprint density at radius 1 is 0.800 bits per heavy atom. The second kappa shape index (κ2) is 8.24. The number of para-hydroxylation sites is 1. The zero-order chi connectivity index (χ0) is 23.2. The SMILES string of the molecule is c1ccc(CN2CCC3(CC2)Oc2ccccc2[C@H]2CC(c4ccc5ccccc5c4)=NN23)cc1. The summed E-state index contributed by atoms with van der Waals surface area (Å²) in [6, 6.07) is 34.8. The molecule has 1 spiro atoms. The van der Waals surface area contributed by atoms with Crippen molar-refractivity contribution in [3.8, 4) is 5.75 Å². The van der Waals surface area contributed by atoms with Gasteiger partial charge in [0.1, 0.15) is 5.75 Å². The lowest BCUT2D eigenvalue weighted by atomic mass is 9.90. The first-order valence-corrected chi connectivity index (χ1v) is 12.7. The van der Waals surface area contributed by atoms with Gasteiger partial charge in [-0.05, 0) is 34.0 Å². The summed E-state index contributed by atoms with van der Waals surface area (Å²) >= 11 is 0. The molecule has 1 atom stereocenters. The van der Waals surface area contributed by atoms with E-state index >= 15 is 0 Å². The maximum atomic E-state index is 6.82. The maximum Gasteiger partial charge on any atom is 0.200 e. The van der Waals surface area contributed by atoms with Gasteiger partial charge >= 0.3 is 0 Å². The van der Waals surface area contributed by atoms with Crippen LogP contribution >= 0.6 is 0 Å². The van der Waals surface area contributed by atoms with Crippen molar-refractivity contribution >= 4 is 16.5 Å². The van der Waals surface area contributed by atoms with Crippen molar-refractivity contribution in [1.29, 1.82) is 0 Å². The predicted octanol–water partition coefficient (Wildman–Crippen LogP) is 6.38. The Morgan fingerprint density at radius 2 is 1.54 bits per heavy atom. The average Bonchev–Trinajstić information content (AvgIpc) is 3.38. The third-order valence-electron chi connectivity index (χ3n) is 7.87. The van der Waals surface area contributed by atoms with Crippen molar-refractivity contribution in [3.63, 3.8) is 0 Å². The first-order valence-electron chi connectivity index (χ1n) is 12.7. The van der Waals surface area contributed by atoms with E-state index in [-0.39, 0.29) is 11.8 Å². The van der Waals surface area contributed by atoms with Crippen molar-refractivity contribution < 1.29 is 4.74 Å². The Labute approximate surface area is 206 Å². The Balaban J connectivity index is 1.21. The number of rotatable bonds is 3. The average molecular weight is 460 g/mol. The largest absolute Gasteiger partial charge is 0.466 e. The van der Waals surface area contributed by atoms with Crippen LogP contribution in [0.3, 0.4) is 0 Å². The van der Waals surface area contributed by atoms with Crippen molar-refractivity contribution in [2.75, 3.05) is 13.1 Å². The number of likely N-dealkylation sites (tertiary alicyclic amines) is 1. The van der Waals surface area contributed by atoms with Crippen LogP contribution in [0.2, 0.25) is 0 Å². The number of piperidine rings is 1. The normalized spacial score (nSPS) is 20.9. The van der Waals surface area contributed by atoms with Gasteiger partial charge < -0.3 is 4.74 Å². The quantitative estimate of drug-likeness (QED) is 0.356. The molecule has 1 saturated heterocycles. The van der Waals surface area contributed by atoms with Gasteiger partial charge in [0.25, 0.3) is 0 Å². The van der Waals surface area contributed by atoms with Crippen molar-refractivity contribution in [3.05, 3.63) is 114 Å². The van der Waals surface area contributed by atoms with Gasteiger partial charge in [0.05, 0.1) is 11.8 Å². The molecule has 3 heterocycles. The minimum Gasteiger partial charge on any atom is -0.466 e.